The van der Waals surface area contributed by atoms with Crippen molar-refractivity contribution in [3.05, 3.63) is 35.9 Å². The molecule has 4 heteroatoms. The molecule has 0 aliphatic heterocycles. The zero-order valence-corrected chi connectivity index (χ0v) is 10.6. The van der Waals surface area contributed by atoms with Crippen molar-refractivity contribution in [2.75, 3.05) is 13.2 Å². The number of amides is 1. The zero-order valence-electron chi connectivity index (χ0n) is 10.6. The highest BCUT2D eigenvalue weighted by molar-refractivity contribution is 5.76. The van der Waals surface area contributed by atoms with E-state index >= 15 is 0 Å². The van der Waals surface area contributed by atoms with E-state index in [4.69, 9.17) is 5.73 Å². The first-order valence-electron chi connectivity index (χ1n) is 6.40. The lowest BCUT2D eigenvalue weighted by Crippen LogP contribution is -2.39. The maximum atomic E-state index is 11.6. The fraction of sp³-hybridized carbons (Fsp3) is 0.500. The van der Waals surface area contributed by atoms with Crippen LogP contribution < -0.4 is 11.1 Å². The lowest BCUT2D eigenvalue weighted by atomic mass is 10.1. The molecule has 0 heterocycles. The average molecular weight is 250 g/mol. The number of carbonyl (C=O) groups excluding carboxylic acids is 1. The predicted octanol–water partition coefficient (Wildman–Crippen LogP) is 0.835. The van der Waals surface area contributed by atoms with Crippen LogP contribution in [-0.4, -0.2) is 30.2 Å². The molecular formula is C14H22N2O2. The van der Waals surface area contributed by atoms with Crippen LogP contribution in [0.4, 0.5) is 0 Å². The normalized spacial score (nSPS) is 12.1. The van der Waals surface area contributed by atoms with Gasteiger partial charge in [-0.3, -0.25) is 4.79 Å². The number of aliphatic hydroxyl groups excluding tert-OH is 1. The van der Waals surface area contributed by atoms with E-state index in [1.54, 1.807) is 0 Å². The summed E-state index contributed by atoms with van der Waals surface area (Å²) in [7, 11) is 0. The van der Waals surface area contributed by atoms with Crippen molar-refractivity contribution in [2.24, 2.45) is 5.73 Å². The molecule has 18 heavy (non-hydrogen) atoms. The molecule has 0 spiro atoms. The summed E-state index contributed by atoms with van der Waals surface area (Å²) in [6, 6.07) is 9.62. The second-order valence-corrected chi connectivity index (χ2v) is 4.38. The fourth-order valence-electron chi connectivity index (χ4n) is 1.79. The minimum atomic E-state index is -0.210. The molecule has 0 aromatic heterocycles. The molecule has 1 aromatic rings. The SMILES string of the molecule is NCCCCC(=O)NC(CO)Cc1ccccc1. The van der Waals surface area contributed by atoms with E-state index in [-0.39, 0.29) is 18.6 Å². The van der Waals surface area contributed by atoms with Crippen LogP contribution in [0.3, 0.4) is 0 Å². The van der Waals surface area contributed by atoms with Gasteiger partial charge in [-0.1, -0.05) is 30.3 Å². The van der Waals surface area contributed by atoms with Crippen molar-refractivity contribution < 1.29 is 9.90 Å². The van der Waals surface area contributed by atoms with Crippen molar-refractivity contribution in [3.63, 3.8) is 0 Å². The van der Waals surface area contributed by atoms with Crippen molar-refractivity contribution in [3.8, 4) is 0 Å². The van der Waals surface area contributed by atoms with E-state index < -0.39 is 0 Å². The van der Waals surface area contributed by atoms with Crippen molar-refractivity contribution in [1.82, 2.24) is 5.32 Å². The topological polar surface area (TPSA) is 75.4 Å². The molecule has 0 aliphatic carbocycles. The molecule has 0 aliphatic rings. The highest BCUT2D eigenvalue weighted by Gasteiger charge is 2.11. The number of benzene rings is 1. The Balaban J connectivity index is 2.35. The fourth-order valence-corrected chi connectivity index (χ4v) is 1.79. The zero-order chi connectivity index (χ0) is 13.2. The minimum absolute atomic E-state index is 0.0153. The van der Waals surface area contributed by atoms with Crippen LogP contribution in [-0.2, 0) is 11.2 Å². The molecule has 4 N–H and O–H groups in total. The number of nitrogens with two attached hydrogens (primary N) is 1. The summed E-state index contributed by atoms with van der Waals surface area (Å²) in [6.45, 7) is 0.568. The quantitative estimate of drug-likeness (QED) is 0.598. The van der Waals surface area contributed by atoms with E-state index in [9.17, 15) is 9.90 Å². The van der Waals surface area contributed by atoms with Gasteiger partial charge in [0.1, 0.15) is 0 Å². The van der Waals surface area contributed by atoms with Gasteiger partial charge >= 0.3 is 0 Å². The Morgan fingerprint density at radius 3 is 2.61 bits per heavy atom. The van der Waals surface area contributed by atoms with Crippen LogP contribution in [0.5, 0.6) is 0 Å². The molecule has 1 atom stereocenters. The minimum Gasteiger partial charge on any atom is -0.394 e. The number of carbonyl (C=O) groups is 1. The summed E-state index contributed by atoms with van der Waals surface area (Å²) >= 11 is 0. The van der Waals surface area contributed by atoms with E-state index in [1.807, 2.05) is 30.3 Å². The number of rotatable bonds is 8. The highest BCUT2D eigenvalue weighted by atomic mass is 16.3. The van der Waals surface area contributed by atoms with E-state index in [0.717, 1.165) is 18.4 Å². The van der Waals surface area contributed by atoms with E-state index in [1.165, 1.54) is 0 Å². The predicted molar refractivity (Wildman–Crippen MR) is 72.1 cm³/mol. The van der Waals surface area contributed by atoms with Gasteiger partial charge in [0.2, 0.25) is 5.91 Å². The third-order valence-corrected chi connectivity index (χ3v) is 2.77. The molecular weight excluding hydrogens is 228 g/mol. The first kappa shape index (κ1) is 14.7. The van der Waals surface area contributed by atoms with Crippen LogP contribution in [0, 0.1) is 0 Å². The number of nitrogens with one attached hydrogen (secondary N) is 1. The largest absolute Gasteiger partial charge is 0.394 e. The Morgan fingerprint density at radius 1 is 1.28 bits per heavy atom. The van der Waals surface area contributed by atoms with Gasteiger partial charge in [-0.05, 0) is 31.4 Å². The van der Waals surface area contributed by atoms with Crippen LogP contribution in [0.15, 0.2) is 30.3 Å². The molecule has 1 rings (SSSR count). The van der Waals surface area contributed by atoms with Crippen LogP contribution in [0.2, 0.25) is 0 Å². The van der Waals surface area contributed by atoms with Crippen molar-refractivity contribution >= 4 is 5.91 Å². The van der Waals surface area contributed by atoms with Crippen molar-refractivity contribution in [1.29, 1.82) is 0 Å². The first-order valence-corrected chi connectivity index (χ1v) is 6.40. The van der Waals surface area contributed by atoms with Crippen LogP contribution in [0.25, 0.3) is 0 Å². The summed E-state index contributed by atoms with van der Waals surface area (Å²) < 4.78 is 0. The van der Waals surface area contributed by atoms with Gasteiger partial charge < -0.3 is 16.2 Å². The Kier molecular flexibility index (Phi) is 7.06. The Labute approximate surface area is 108 Å². The molecule has 0 saturated heterocycles. The third kappa shape index (κ3) is 5.80. The van der Waals surface area contributed by atoms with E-state index in [2.05, 4.69) is 5.32 Å². The Bertz CT molecular complexity index is 341. The standard InChI is InChI=1S/C14H22N2O2/c15-9-5-4-8-14(18)16-13(11-17)10-12-6-2-1-3-7-12/h1-3,6-7,13,17H,4-5,8-11,15H2,(H,16,18). The third-order valence-electron chi connectivity index (χ3n) is 2.77. The molecule has 100 valence electrons. The second kappa shape index (κ2) is 8.66. The number of hydrogen-bond acceptors (Lipinski definition) is 3. The average Bonchev–Trinajstić information content (AvgIpc) is 2.39. The number of hydrogen-bond donors (Lipinski definition) is 3. The van der Waals surface area contributed by atoms with Gasteiger partial charge in [0.15, 0.2) is 0 Å². The van der Waals surface area contributed by atoms with Gasteiger partial charge in [0.05, 0.1) is 12.6 Å². The Hall–Kier alpha value is -1.39. The molecule has 0 bridgehead atoms. The summed E-state index contributed by atoms with van der Waals surface area (Å²) in [5.41, 5.74) is 6.48. The summed E-state index contributed by atoms with van der Waals surface area (Å²) in [4.78, 5) is 11.6. The first-order chi connectivity index (χ1) is 8.76. The molecule has 0 fully saturated rings. The molecule has 1 aromatic carbocycles. The van der Waals surface area contributed by atoms with E-state index in [0.29, 0.717) is 19.4 Å². The highest BCUT2D eigenvalue weighted by Crippen LogP contribution is 2.03. The number of aliphatic hydroxyl groups is 1. The van der Waals surface area contributed by atoms with Crippen LogP contribution >= 0.6 is 0 Å². The molecule has 1 unspecified atom stereocenters. The van der Waals surface area contributed by atoms with Gasteiger partial charge in [-0.25, -0.2) is 0 Å². The van der Waals surface area contributed by atoms with Gasteiger partial charge in [0, 0.05) is 6.42 Å². The van der Waals surface area contributed by atoms with Gasteiger partial charge in [-0.2, -0.15) is 0 Å². The second-order valence-electron chi connectivity index (χ2n) is 4.38. The van der Waals surface area contributed by atoms with Gasteiger partial charge in [-0.15, -0.1) is 0 Å². The number of unbranched alkanes of at least 4 members (excludes halogenated alkanes) is 1. The maximum Gasteiger partial charge on any atom is 0.220 e. The van der Waals surface area contributed by atoms with Gasteiger partial charge in [0.25, 0.3) is 0 Å². The molecule has 1 amide bonds. The smallest absolute Gasteiger partial charge is 0.220 e. The summed E-state index contributed by atoms with van der Waals surface area (Å²) in [5.74, 6) is -0.0153. The summed E-state index contributed by atoms with van der Waals surface area (Å²) in [5, 5.41) is 12.1. The molecule has 0 saturated carbocycles. The van der Waals surface area contributed by atoms with Crippen LogP contribution in [0.1, 0.15) is 24.8 Å². The molecule has 0 radical (unpaired) electrons. The monoisotopic (exact) mass is 250 g/mol. The lowest BCUT2D eigenvalue weighted by Gasteiger charge is -2.16. The molecule has 4 nitrogen and oxygen atoms in total. The lowest BCUT2D eigenvalue weighted by molar-refractivity contribution is -0.122. The Morgan fingerprint density at radius 2 is 2.00 bits per heavy atom. The maximum absolute atomic E-state index is 11.6. The van der Waals surface area contributed by atoms with Crippen molar-refractivity contribution in [2.45, 2.75) is 31.7 Å². The summed E-state index contributed by atoms with van der Waals surface area (Å²) in [6.07, 6.45) is 2.78.